The Kier molecular flexibility index (Phi) is 5.97. The number of benzene rings is 2. The summed E-state index contributed by atoms with van der Waals surface area (Å²) in [4.78, 5) is 31.0. The Morgan fingerprint density at radius 1 is 1.03 bits per heavy atom. The van der Waals surface area contributed by atoms with Crippen LogP contribution >= 0.6 is 0 Å². The lowest BCUT2D eigenvalue weighted by molar-refractivity contribution is 0.0314. The van der Waals surface area contributed by atoms with Gasteiger partial charge in [-0.05, 0) is 36.4 Å². The number of ether oxygens (including phenoxy) is 3. The van der Waals surface area contributed by atoms with E-state index < -0.39 is 17.3 Å². The fraction of sp³-hybridized carbons (Fsp3) is 0.360. The normalized spacial score (nSPS) is 18.4. The van der Waals surface area contributed by atoms with E-state index in [9.17, 15) is 14.0 Å². The van der Waals surface area contributed by atoms with E-state index in [1.165, 1.54) is 19.2 Å². The lowest BCUT2D eigenvalue weighted by Crippen LogP contribution is -2.42. The monoisotopic (exact) mass is 468 g/mol. The molecule has 1 atom stereocenters. The largest absolute Gasteiger partial charge is 0.497 e. The number of rotatable bonds is 6. The van der Waals surface area contributed by atoms with Crippen LogP contribution in [-0.4, -0.2) is 69.3 Å². The van der Waals surface area contributed by atoms with Gasteiger partial charge in [-0.15, -0.1) is 0 Å². The van der Waals surface area contributed by atoms with Crippen LogP contribution < -0.4 is 14.9 Å². The second kappa shape index (κ2) is 9.08. The minimum atomic E-state index is -0.766. The molecule has 3 aromatic rings. The zero-order valence-corrected chi connectivity index (χ0v) is 19.0. The molecule has 0 saturated carbocycles. The molecule has 9 heteroatoms. The van der Waals surface area contributed by atoms with Crippen LogP contribution in [0.4, 0.5) is 4.39 Å². The maximum Gasteiger partial charge on any atom is 0.290 e. The number of halogens is 1. The van der Waals surface area contributed by atoms with E-state index in [2.05, 4.69) is 4.90 Å². The van der Waals surface area contributed by atoms with E-state index in [-0.39, 0.29) is 28.2 Å². The molecule has 0 spiro atoms. The molecular formula is C25H25FN2O6. The topological polar surface area (TPSA) is 81.5 Å². The zero-order valence-electron chi connectivity index (χ0n) is 19.0. The Morgan fingerprint density at radius 2 is 1.82 bits per heavy atom. The van der Waals surface area contributed by atoms with Crippen LogP contribution in [0.2, 0.25) is 0 Å². The highest BCUT2D eigenvalue weighted by Crippen LogP contribution is 2.42. The Morgan fingerprint density at radius 3 is 2.56 bits per heavy atom. The molecule has 1 fully saturated rings. The molecule has 2 aromatic carbocycles. The second-order valence-corrected chi connectivity index (χ2v) is 8.28. The van der Waals surface area contributed by atoms with E-state index in [1.807, 2.05) is 0 Å². The molecule has 5 rings (SSSR count). The number of fused-ring (bicyclic) bond motifs is 2. The Hall–Kier alpha value is -3.43. The van der Waals surface area contributed by atoms with Crippen LogP contribution in [0.5, 0.6) is 11.5 Å². The number of methoxy groups -OCH3 is 2. The summed E-state index contributed by atoms with van der Waals surface area (Å²) >= 11 is 0. The lowest BCUT2D eigenvalue weighted by Gasteiger charge is -2.31. The summed E-state index contributed by atoms with van der Waals surface area (Å²) in [6, 6.07) is 8.19. The van der Waals surface area contributed by atoms with Gasteiger partial charge in [0.05, 0.1) is 44.4 Å². The summed E-state index contributed by atoms with van der Waals surface area (Å²) in [5, 5.41) is 0.0912. The molecule has 2 aliphatic heterocycles. The highest BCUT2D eigenvalue weighted by atomic mass is 19.1. The van der Waals surface area contributed by atoms with Gasteiger partial charge in [0.25, 0.3) is 5.91 Å². The van der Waals surface area contributed by atoms with Crippen molar-refractivity contribution in [2.45, 2.75) is 6.04 Å². The van der Waals surface area contributed by atoms with Crippen molar-refractivity contribution in [3.05, 3.63) is 69.3 Å². The number of carbonyl (C=O) groups excluding carboxylic acids is 1. The number of hydrogen-bond acceptors (Lipinski definition) is 7. The molecular weight excluding hydrogens is 443 g/mol. The molecule has 0 unspecified atom stereocenters. The van der Waals surface area contributed by atoms with Gasteiger partial charge in [-0.2, -0.15) is 0 Å². The van der Waals surface area contributed by atoms with E-state index in [0.29, 0.717) is 43.4 Å². The summed E-state index contributed by atoms with van der Waals surface area (Å²) in [5.41, 5.74) is 0.508. The molecule has 34 heavy (non-hydrogen) atoms. The molecule has 0 bridgehead atoms. The Balaban J connectivity index is 1.66. The number of nitrogens with zero attached hydrogens (tertiary/aromatic N) is 2. The van der Waals surface area contributed by atoms with Crippen molar-refractivity contribution in [3.63, 3.8) is 0 Å². The Labute approximate surface area is 195 Å². The van der Waals surface area contributed by atoms with Crippen LogP contribution in [0, 0.1) is 5.82 Å². The van der Waals surface area contributed by atoms with Gasteiger partial charge < -0.3 is 23.5 Å². The fourth-order valence-corrected chi connectivity index (χ4v) is 4.67. The first-order chi connectivity index (χ1) is 16.5. The maximum absolute atomic E-state index is 14.0. The smallest absolute Gasteiger partial charge is 0.290 e. The van der Waals surface area contributed by atoms with Crippen LogP contribution in [0.15, 0.2) is 45.6 Å². The SMILES string of the molecule is COc1ccc(OC)c([C@@H]2c3c(oc4ccc(F)cc4c3=O)C(=O)N2CCN2CCOCC2)c1. The number of amides is 1. The minimum absolute atomic E-state index is 0.0269. The molecule has 1 saturated heterocycles. The zero-order chi connectivity index (χ0) is 23.8. The maximum atomic E-state index is 14.0. The molecule has 1 amide bonds. The van der Waals surface area contributed by atoms with Crippen molar-refractivity contribution in [1.29, 1.82) is 0 Å². The molecule has 0 aliphatic carbocycles. The number of hydrogen-bond donors (Lipinski definition) is 0. The first-order valence-corrected chi connectivity index (χ1v) is 11.1. The van der Waals surface area contributed by atoms with E-state index in [0.717, 1.165) is 19.2 Å². The quantitative estimate of drug-likeness (QED) is 0.550. The van der Waals surface area contributed by atoms with Gasteiger partial charge >= 0.3 is 0 Å². The van der Waals surface area contributed by atoms with Crippen molar-refractivity contribution >= 4 is 16.9 Å². The summed E-state index contributed by atoms with van der Waals surface area (Å²) < 4.78 is 36.3. The predicted octanol–water partition coefficient (Wildman–Crippen LogP) is 2.83. The fourth-order valence-electron chi connectivity index (χ4n) is 4.67. The number of carbonyl (C=O) groups is 1. The highest BCUT2D eigenvalue weighted by Gasteiger charge is 2.44. The van der Waals surface area contributed by atoms with Crippen LogP contribution in [0.1, 0.15) is 27.7 Å². The predicted molar refractivity (Wildman–Crippen MR) is 122 cm³/mol. The third-order valence-electron chi connectivity index (χ3n) is 6.42. The van der Waals surface area contributed by atoms with Crippen molar-refractivity contribution in [2.24, 2.45) is 0 Å². The third kappa shape index (κ3) is 3.80. The van der Waals surface area contributed by atoms with Gasteiger partial charge in [0.2, 0.25) is 5.76 Å². The van der Waals surface area contributed by atoms with E-state index in [4.69, 9.17) is 18.6 Å². The summed E-state index contributed by atoms with van der Waals surface area (Å²) in [6.45, 7) is 3.77. The van der Waals surface area contributed by atoms with Gasteiger partial charge in [-0.3, -0.25) is 14.5 Å². The first-order valence-electron chi connectivity index (χ1n) is 11.1. The highest BCUT2D eigenvalue weighted by molar-refractivity contribution is 5.99. The standard InChI is InChI=1S/C25H25FN2O6/c1-31-16-4-6-19(32-2)17(14-16)22-21-23(29)18-13-15(26)3-5-20(18)34-24(21)25(30)28(22)8-7-27-9-11-33-12-10-27/h3-6,13-14,22H,7-12H2,1-2H3/t22-/m1/s1. The van der Waals surface area contributed by atoms with Crippen molar-refractivity contribution < 1.29 is 27.8 Å². The van der Waals surface area contributed by atoms with Gasteiger partial charge in [-0.1, -0.05) is 0 Å². The van der Waals surface area contributed by atoms with Crippen molar-refractivity contribution in [3.8, 4) is 11.5 Å². The first kappa shape index (κ1) is 22.4. The van der Waals surface area contributed by atoms with Crippen LogP contribution in [0.25, 0.3) is 11.0 Å². The molecule has 0 radical (unpaired) electrons. The van der Waals surface area contributed by atoms with Crippen molar-refractivity contribution in [1.82, 2.24) is 9.80 Å². The van der Waals surface area contributed by atoms with Gasteiger partial charge in [0.15, 0.2) is 5.43 Å². The molecule has 3 heterocycles. The van der Waals surface area contributed by atoms with Crippen LogP contribution in [0.3, 0.4) is 0 Å². The molecule has 0 N–H and O–H groups in total. The summed E-state index contributed by atoms with van der Waals surface area (Å²) in [5.74, 6) is 0.0915. The average molecular weight is 468 g/mol. The third-order valence-corrected chi connectivity index (χ3v) is 6.42. The molecule has 1 aromatic heterocycles. The van der Waals surface area contributed by atoms with Crippen LogP contribution in [-0.2, 0) is 4.74 Å². The van der Waals surface area contributed by atoms with Gasteiger partial charge in [-0.25, -0.2) is 4.39 Å². The molecule has 8 nitrogen and oxygen atoms in total. The van der Waals surface area contributed by atoms with Gasteiger partial charge in [0.1, 0.15) is 22.9 Å². The van der Waals surface area contributed by atoms with E-state index >= 15 is 0 Å². The number of morpholine rings is 1. The summed E-state index contributed by atoms with van der Waals surface area (Å²) in [7, 11) is 3.07. The Bertz CT molecular complexity index is 1300. The van der Waals surface area contributed by atoms with Crippen molar-refractivity contribution in [2.75, 3.05) is 53.6 Å². The lowest BCUT2D eigenvalue weighted by atomic mass is 9.97. The molecule has 178 valence electrons. The average Bonchev–Trinajstić information content (AvgIpc) is 3.15. The minimum Gasteiger partial charge on any atom is -0.497 e. The molecule has 2 aliphatic rings. The van der Waals surface area contributed by atoms with Gasteiger partial charge in [0, 0.05) is 31.7 Å². The van der Waals surface area contributed by atoms with E-state index in [1.54, 1.807) is 30.2 Å². The summed E-state index contributed by atoms with van der Waals surface area (Å²) in [6.07, 6.45) is 0. The second-order valence-electron chi connectivity index (χ2n) is 8.28.